The number of aromatic nitrogens is 2. The zero-order valence-corrected chi connectivity index (χ0v) is 15.4. The number of nitrogens with one attached hydrogen (secondary N) is 1. The van der Waals surface area contributed by atoms with Crippen molar-refractivity contribution < 1.29 is 13.2 Å². The van der Waals surface area contributed by atoms with Crippen LogP contribution in [0, 0.1) is 0 Å². The summed E-state index contributed by atoms with van der Waals surface area (Å²) >= 11 is 0. The molecule has 0 bridgehead atoms. The van der Waals surface area contributed by atoms with Gasteiger partial charge in [-0.1, -0.05) is 36.4 Å². The van der Waals surface area contributed by atoms with Crippen molar-refractivity contribution >= 4 is 15.8 Å². The van der Waals surface area contributed by atoms with E-state index < -0.39 is 10.0 Å². The van der Waals surface area contributed by atoms with Crippen molar-refractivity contribution in [1.82, 2.24) is 14.7 Å². The first-order valence-corrected chi connectivity index (χ1v) is 10.00. The average molecular weight is 381 g/mol. The molecule has 27 heavy (non-hydrogen) atoms. The quantitative estimate of drug-likeness (QED) is 0.478. The van der Waals surface area contributed by atoms with Gasteiger partial charge in [-0.15, -0.1) is 0 Å². The summed E-state index contributed by atoms with van der Waals surface area (Å²) in [5.74, 6) is 0.509. The molecular formula is C20H19N3O3S. The maximum Gasteiger partial charge on any atom is 0.240 e. The molecule has 1 heterocycles. The highest BCUT2D eigenvalue weighted by Crippen LogP contribution is 2.17. The fraction of sp³-hybridized carbons (Fsp3) is 0.150. The Kier molecular flexibility index (Phi) is 6.05. The molecule has 1 N–H and O–H groups in total. The largest absolute Gasteiger partial charge is 0.294 e. The van der Waals surface area contributed by atoms with Gasteiger partial charge in [-0.3, -0.25) is 4.79 Å². The van der Waals surface area contributed by atoms with Crippen LogP contribution in [0.3, 0.4) is 0 Å². The molecule has 3 aromatic rings. The fourth-order valence-corrected chi connectivity index (χ4v) is 3.66. The van der Waals surface area contributed by atoms with E-state index in [9.17, 15) is 13.2 Å². The summed E-state index contributed by atoms with van der Waals surface area (Å²) in [6.07, 6.45) is 3.96. The zero-order valence-electron chi connectivity index (χ0n) is 14.6. The van der Waals surface area contributed by atoms with Crippen LogP contribution in [0.5, 0.6) is 0 Å². The van der Waals surface area contributed by atoms with Crippen LogP contribution in [-0.4, -0.2) is 30.7 Å². The third-order valence-electron chi connectivity index (χ3n) is 3.93. The van der Waals surface area contributed by atoms with Crippen molar-refractivity contribution in [2.45, 2.75) is 17.7 Å². The molecule has 0 aliphatic carbocycles. The molecule has 0 fully saturated rings. The average Bonchev–Trinajstić information content (AvgIpc) is 2.72. The number of rotatable bonds is 8. The van der Waals surface area contributed by atoms with Crippen LogP contribution in [0.15, 0.2) is 78.0 Å². The number of ketones is 1. The summed E-state index contributed by atoms with van der Waals surface area (Å²) in [5.41, 5.74) is 1.33. The minimum absolute atomic E-state index is 0.0494. The molecule has 0 aliphatic heterocycles. The van der Waals surface area contributed by atoms with E-state index in [1.165, 1.54) is 12.1 Å². The molecule has 0 saturated carbocycles. The number of nitrogens with zero attached hydrogens (tertiary/aromatic N) is 2. The minimum Gasteiger partial charge on any atom is -0.294 e. The van der Waals surface area contributed by atoms with Gasteiger partial charge in [0.25, 0.3) is 0 Å². The lowest BCUT2D eigenvalue weighted by Gasteiger charge is -2.07. The van der Waals surface area contributed by atoms with Gasteiger partial charge < -0.3 is 0 Å². The summed E-state index contributed by atoms with van der Waals surface area (Å²) in [4.78, 5) is 21.0. The Morgan fingerprint density at radius 1 is 0.926 bits per heavy atom. The lowest BCUT2D eigenvalue weighted by atomic mass is 10.0. The molecule has 0 aliphatic rings. The van der Waals surface area contributed by atoms with Gasteiger partial charge in [0.1, 0.15) is 0 Å². The Hall–Kier alpha value is -2.90. The molecule has 3 rings (SSSR count). The van der Waals surface area contributed by atoms with E-state index in [-0.39, 0.29) is 23.6 Å². The Labute approximate surface area is 158 Å². The molecule has 0 spiro atoms. The molecule has 1 aromatic heterocycles. The van der Waals surface area contributed by atoms with E-state index in [2.05, 4.69) is 14.7 Å². The number of hydrogen-bond donors (Lipinski definition) is 1. The first-order chi connectivity index (χ1) is 13.1. The number of sulfonamides is 1. The molecule has 0 unspecified atom stereocenters. The molecule has 138 valence electrons. The second-order valence-corrected chi connectivity index (χ2v) is 7.66. The van der Waals surface area contributed by atoms with Crippen LogP contribution in [0.2, 0.25) is 0 Å². The first kappa shape index (κ1) is 18.9. The highest BCUT2D eigenvalue weighted by atomic mass is 32.2. The number of hydrogen-bond acceptors (Lipinski definition) is 5. The summed E-state index contributed by atoms with van der Waals surface area (Å²) in [5, 5.41) is 0. The van der Waals surface area contributed by atoms with Crippen LogP contribution < -0.4 is 4.72 Å². The van der Waals surface area contributed by atoms with Gasteiger partial charge >= 0.3 is 0 Å². The second-order valence-electron chi connectivity index (χ2n) is 5.89. The van der Waals surface area contributed by atoms with Crippen LogP contribution in [-0.2, 0) is 10.0 Å². The Bertz CT molecular complexity index is 1010. The Morgan fingerprint density at radius 3 is 2.41 bits per heavy atom. The van der Waals surface area contributed by atoms with Crippen molar-refractivity contribution in [3.05, 3.63) is 78.6 Å². The Balaban J connectivity index is 1.56. The van der Waals surface area contributed by atoms with Crippen molar-refractivity contribution in [3.8, 4) is 11.4 Å². The third kappa shape index (κ3) is 5.06. The van der Waals surface area contributed by atoms with Crippen molar-refractivity contribution in [2.75, 3.05) is 6.54 Å². The topological polar surface area (TPSA) is 89.0 Å². The lowest BCUT2D eigenvalue weighted by molar-refractivity contribution is 0.0980. The molecular weight excluding hydrogens is 362 g/mol. The standard InChI is InChI=1S/C20H19N3O3S/c24-19(11-5-14-23-27(25,26)18-9-2-1-3-10-18)16-7-4-8-17(15-16)20-21-12-6-13-22-20/h1-4,6-10,12-13,15,23H,5,11,14H2. The fourth-order valence-electron chi connectivity index (χ4n) is 2.56. The maximum atomic E-state index is 12.4. The molecule has 0 atom stereocenters. The molecule has 7 heteroatoms. The summed E-state index contributed by atoms with van der Waals surface area (Å²) in [7, 11) is -3.54. The third-order valence-corrected chi connectivity index (χ3v) is 5.41. The first-order valence-electron chi connectivity index (χ1n) is 8.52. The van der Waals surface area contributed by atoms with Crippen molar-refractivity contribution in [2.24, 2.45) is 0 Å². The van der Waals surface area contributed by atoms with Gasteiger partial charge in [0.05, 0.1) is 4.90 Å². The summed E-state index contributed by atoms with van der Waals surface area (Å²) < 4.78 is 26.8. The second kappa shape index (κ2) is 8.66. The lowest BCUT2D eigenvalue weighted by Crippen LogP contribution is -2.25. The molecule has 0 amide bonds. The van der Waals surface area contributed by atoms with Crippen LogP contribution >= 0.6 is 0 Å². The molecule has 0 radical (unpaired) electrons. The van der Waals surface area contributed by atoms with Crippen molar-refractivity contribution in [1.29, 1.82) is 0 Å². The number of carbonyl (C=O) groups excluding carboxylic acids is 1. The molecule has 6 nitrogen and oxygen atoms in total. The van der Waals surface area contributed by atoms with E-state index >= 15 is 0 Å². The van der Waals surface area contributed by atoms with Gasteiger partial charge in [0.15, 0.2) is 11.6 Å². The van der Waals surface area contributed by atoms with E-state index in [1.807, 2.05) is 6.07 Å². The Morgan fingerprint density at radius 2 is 1.67 bits per heavy atom. The molecule has 0 saturated heterocycles. The normalized spacial score (nSPS) is 11.3. The number of Topliss-reactive ketones (excluding diaryl/α,β-unsaturated/α-hetero) is 1. The molecule has 2 aromatic carbocycles. The zero-order chi connectivity index (χ0) is 19.1. The van der Waals surface area contributed by atoms with E-state index in [0.717, 1.165) is 5.56 Å². The predicted octanol–water partition coefficient (Wildman–Crippen LogP) is 3.09. The monoisotopic (exact) mass is 381 g/mol. The van der Waals surface area contributed by atoms with E-state index in [1.54, 1.807) is 54.9 Å². The van der Waals surface area contributed by atoms with Gasteiger partial charge in [-0.25, -0.2) is 23.1 Å². The van der Waals surface area contributed by atoms with Gasteiger partial charge in [-0.2, -0.15) is 0 Å². The van der Waals surface area contributed by atoms with E-state index in [0.29, 0.717) is 17.8 Å². The SMILES string of the molecule is O=C(CCCNS(=O)(=O)c1ccccc1)c1cccc(-c2ncccn2)c1. The highest BCUT2D eigenvalue weighted by Gasteiger charge is 2.13. The maximum absolute atomic E-state index is 12.4. The predicted molar refractivity (Wildman–Crippen MR) is 103 cm³/mol. The summed E-state index contributed by atoms with van der Waals surface area (Å²) in [6.45, 7) is 0.199. The smallest absolute Gasteiger partial charge is 0.240 e. The number of benzene rings is 2. The van der Waals surface area contributed by atoms with Gasteiger partial charge in [0.2, 0.25) is 10.0 Å². The van der Waals surface area contributed by atoms with E-state index in [4.69, 9.17) is 0 Å². The summed E-state index contributed by atoms with van der Waals surface area (Å²) in [6, 6.07) is 17.0. The van der Waals surface area contributed by atoms with Crippen LogP contribution in [0.1, 0.15) is 23.2 Å². The van der Waals surface area contributed by atoms with Crippen LogP contribution in [0.4, 0.5) is 0 Å². The minimum atomic E-state index is -3.54. The van der Waals surface area contributed by atoms with Gasteiger partial charge in [0, 0.05) is 36.5 Å². The van der Waals surface area contributed by atoms with Crippen molar-refractivity contribution in [3.63, 3.8) is 0 Å². The van der Waals surface area contributed by atoms with Crippen LogP contribution in [0.25, 0.3) is 11.4 Å². The number of carbonyl (C=O) groups is 1. The highest BCUT2D eigenvalue weighted by molar-refractivity contribution is 7.89. The van der Waals surface area contributed by atoms with Gasteiger partial charge in [-0.05, 0) is 30.7 Å².